The van der Waals surface area contributed by atoms with E-state index in [1.165, 1.54) is 0 Å². The van der Waals surface area contributed by atoms with E-state index in [-0.39, 0.29) is 17.5 Å². The summed E-state index contributed by atoms with van der Waals surface area (Å²) in [4.78, 5) is 18.6. The molecule has 1 heterocycles. The Morgan fingerprint density at radius 2 is 1.65 bits per heavy atom. The summed E-state index contributed by atoms with van der Waals surface area (Å²) in [5, 5.41) is 14.1. The first-order chi connectivity index (χ1) is 11.2. The average molecular weight is 308 g/mol. The normalized spacial score (nSPS) is 10.1. The summed E-state index contributed by atoms with van der Waals surface area (Å²) in [6.07, 6.45) is 1.12. The third-order valence-electron chi connectivity index (χ3n) is 2.92. The maximum absolute atomic E-state index is 11.1. The molecule has 7 nitrogen and oxygen atoms in total. The summed E-state index contributed by atoms with van der Waals surface area (Å²) >= 11 is 0. The van der Waals surface area contributed by atoms with Crippen molar-refractivity contribution in [2.24, 2.45) is 0 Å². The van der Waals surface area contributed by atoms with Crippen molar-refractivity contribution >= 4 is 17.3 Å². The molecule has 0 atom stereocenters. The highest BCUT2D eigenvalue weighted by atomic mass is 16.6. The first-order valence-corrected chi connectivity index (χ1v) is 6.79. The van der Waals surface area contributed by atoms with E-state index in [4.69, 9.17) is 4.74 Å². The second-order valence-electron chi connectivity index (χ2n) is 4.55. The molecule has 0 spiro atoms. The van der Waals surface area contributed by atoms with E-state index in [0.29, 0.717) is 5.75 Å². The van der Waals surface area contributed by atoms with Gasteiger partial charge in [0.25, 0.3) is 0 Å². The fourth-order valence-electron chi connectivity index (χ4n) is 1.87. The first kappa shape index (κ1) is 14.5. The molecule has 2 aromatic carbocycles. The van der Waals surface area contributed by atoms with Crippen LogP contribution >= 0.6 is 0 Å². The zero-order valence-electron chi connectivity index (χ0n) is 11.9. The molecule has 0 aliphatic heterocycles. The van der Waals surface area contributed by atoms with Crippen molar-refractivity contribution in [3.8, 4) is 11.6 Å². The van der Waals surface area contributed by atoms with Crippen LogP contribution in [0, 0.1) is 10.1 Å². The minimum absolute atomic E-state index is 0.116. The van der Waals surface area contributed by atoms with Gasteiger partial charge in [0.1, 0.15) is 11.9 Å². The Hall–Kier alpha value is -3.48. The van der Waals surface area contributed by atoms with Crippen molar-refractivity contribution in [1.29, 1.82) is 0 Å². The highest BCUT2D eigenvalue weighted by molar-refractivity contribution is 5.55. The number of para-hydroxylation sites is 2. The number of hydrogen-bond acceptors (Lipinski definition) is 6. The number of nitrogens with zero attached hydrogens (tertiary/aromatic N) is 3. The van der Waals surface area contributed by atoms with E-state index in [1.807, 2.05) is 36.4 Å². The van der Waals surface area contributed by atoms with Gasteiger partial charge in [0.2, 0.25) is 5.95 Å². The van der Waals surface area contributed by atoms with Gasteiger partial charge in [0.15, 0.2) is 0 Å². The highest BCUT2D eigenvalue weighted by Gasteiger charge is 2.19. The van der Waals surface area contributed by atoms with Gasteiger partial charge in [0, 0.05) is 5.69 Å². The Labute approximate surface area is 131 Å². The van der Waals surface area contributed by atoms with E-state index < -0.39 is 4.92 Å². The molecule has 23 heavy (non-hydrogen) atoms. The van der Waals surface area contributed by atoms with Crippen molar-refractivity contribution in [3.05, 3.63) is 77.0 Å². The van der Waals surface area contributed by atoms with Crippen LogP contribution in [0.3, 0.4) is 0 Å². The standard InChI is InChI=1S/C16H12N4O3/c21-20(22)14-11-17-16(18-12-7-3-1-4-8-12)19-15(14)23-13-9-5-2-6-10-13/h1-11H,(H,17,18,19). The van der Waals surface area contributed by atoms with Crippen LogP contribution in [0.15, 0.2) is 66.9 Å². The Morgan fingerprint density at radius 3 is 2.30 bits per heavy atom. The monoisotopic (exact) mass is 308 g/mol. The summed E-state index contributed by atoms with van der Waals surface area (Å²) in [5.74, 6) is 0.558. The van der Waals surface area contributed by atoms with Crippen LogP contribution in [0.5, 0.6) is 11.6 Å². The lowest BCUT2D eigenvalue weighted by Gasteiger charge is -2.08. The lowest BCUT2D eigenvalue weighted by atomic mass is 10.3. The fraction of sp³-hybridized carbons (Fsp3) is 0. The van der Waals surface area contributed by atoms with E-state index in [9.17, 15) is 10.1 Å². The van der Waals surface area contributed by atoms with Gasteiger partial charge < -0.3 is 10.1 Å². The van der Waals surface area contributed by atoms with Crippen LogP contribution in [0.4, 0.5) is 17.3 Å². The molecule has 0 fully saturated rings. The lowest BCUT2D eigenvalue weighted by Crippen LogP contribution is -2.02. The molecule has 3 rings (SSSR count). The Kier molecular flexibility index (Phi) is 4.10. The van der Waals surface area contributed by atoms with Gasteiger partial charge >= 0.3 is 11.6 Å². The molecule has 0 radical (unpaired) electrons. The van der Waals surface area contributed by atoms with Crippen molar-refractivity contribution in [1.82, 2.24) is 9.97 Å². The maximum Gasteiger partial charge on any atom is 0.349 e. The van der Waals surface area contributed by atoms with Crippen LogP contribution in [-0.4, -0.2) is 14.9 Å². The van der Waals surface area contributed by atoms with Crippen LogP contribution in [0.2, 0.25) is 0 Å². The van der Waals surface area contributed by atoms with Crippen molar-refractivity contribution in [3.63, 3.8) is 0 Å². The quantitative estimate of drug-likeness (QED) is 0.567. The summed E-state index contributed by atoms with van der Waals surface area (Å²) in [7, 11) is 0. The van der Waals surface area contributed by atoms with Crippen molar-refractivity contribution < 1.29 is 9.66 Å². The van der Waals surface area contributed by atoms with E-state index >= 15 is 0 Å². The number of nitrogens with one attached hydrogen (secondary N) is 1. The van der Waals surface area contributed by atoms with Crippen LogP contribution in [0.25, 0.3) is 0 Å². The Bertz CT molecular complexity index is 810. The molecule has 0 saturated heterocycles. The van der Waals surface area contributed by atoms with Gasteiger partial charge in [-0.1, -0.05) is 36.4 Å². The van der Waals surface area contributed by atoms with E-state index in [2.05, 4.69) is 15.3 Å². The third-order valence-corrected chi connectivity index (χ3v) is 2.92. The zero-order valence-corrected chi connectivity index (χ0v) is 11.9. The number of benzene rings is 2. The smallest absolute Gasteiger partial charge is 0.349 e. The van der Waals surface area contributed by atoms with Gasteiger partial charge in [-0.3, -0.25) is 10.1 Å². The molecule has 0 saturated carbocycles. The number of aromatic nitrogens is 2. The minimum Gasteiger partial charge on any atom is -0.434 e. The first-order valence-electron chi connectivity index (χ1n) is 6.79. The minimum atomic E-state index is -0.579. The molecular weight excluding hydrogens is 296 g/mol. The molecule has 0 unspecified atom stereocenters. The molecule has 3 aromatic rings. The Balaban J connectivity index is 1.91. The SMILES string of the molecule is O=[N+]([O-])c1cnc(Nc2ccccc2)nc1Oc1ccccc1. The van der Waals surface area contributed by atoms with Crippen LogP contribution in [0.1, 0.15) is 0 Å². The molecule has 114 valence electrons. The molecule has 0 amide bonds. The van der Waals surface area contributed by atoms with E-state index in [1.54, 1.807) is 24.3 Å². The Morgan fingerprint density at radius 1 is 1.00 bits per heavy atom. The molecule has 7 heteroatoms. The van der Waals surface area contributed by atoms with Crippen molar-refractivity contribution in [2.75, 3.05) is 5.32 Å². The topological polar surface area (TPSA) is 90.2 Å². The molecule has 0 aliphatic carbocycles. The summed E-state index contributed by atoms with van der Waals surface area (Å²) in [5.41, 5.74) is 0.472. The van der Waals surface area contributed by atoms with Gasteiger partial charge in [-0.2, -0.15) is 4.98 Å². The number of ether oxygens (including phenoxy) is 1. The van der Waals surface area contributed by atoms with Crippen LogP contribution < -0.4 is 10.1 Å². The molecule has 0 aliphatic rings. The average Bonchev–Trinajstić information content (AvgIpc) is 2.57. The maximum atomic E-state index is 11.1. The van der Waals surface area contributed by atoms with Gasteiger partial charge in [-0.25, -0.2) is 4.98 Å². The molecular formula is C16H12N4O3. The second-order valence-corrected chi connectivity index (χ2v) is 4.55. The predicted octanol–water partition coefficient (Wildman–Crippen LogP) is 3.92. The number of rotatable bonds is 5. The lowest BCUT2D eigenvalue weighted by molar-refractivity contribution is -0.386. The fourth-order valence-corrected chi connectivity index (χ4v) is 1.87. The number of hydrogen-bond donors (Lipinski definition) is 1. The van der Waals surface area contributed by atoms with Crippen LogP contribution in [-0.2, 0) is 0 Å². The van der Waals surface area contributed by atoms with Gasteiger partial charge in [-0.15, -0.1) is 0 Å². The zero-order chi connectivity index (χ0) is 16.1. The van der Waals surface area contributed by atoms with Gasteiger partial charge in [0.05, 0.1) is 4.92 Å². The molecule has 0 bridgehead atoms. The largest absolute Gasteiger partial charge is 0.434 e. The predicted molar refractivity (Wildman–Crippen MR) is 84.9 cm³/mol. The van der Waals surface area contributed by atoms with E-state index in [0.717, 1.165) is 11.9 Å². The second kappa shape index (κ2) is 6.52. The summed E-state index contributed by atoms with van der Waals surface area (Å²) < 4.78 is 5.52. The van der Waals surface area contributed by atoms with Crippen molar-refractivity contribution in [2.45, 2.75) is 0 Å². The third kappa shape index (κ3) is 3.59. The number of anilines is 2. The summed E-state index contributed by atoms with van der Waals surface area (Å²) in [6.45, 7) is 0. The highest BCUT2D eigenvalue weighted by Crippen LogP contribution is 2.29. The molecule has 1 aromatic heterocycles. The molecule has 1 N–H and O–H groups in total. The summed E-state index contributed by atoms with van der Waals surface area (Å²) in [6, 6.07) is 18.0. The van der Waals surface area contributed by atoms with Gasteiger partial charge in [-0.05, 0) is 24.3 Å². The number of nitro groups is 1.